The van der Waals surface area contributed by atoms with E-state index in [0.717, 1.165) is 16.9 Å². The molecule has 3 aromatic rings. The maximum atomic E-state index is 12.5. The fourth-order valence-corrected chi connectivity index (χ4v) is 3.15. The molecule has 7 nitrogen and oxygen atoms in total. The summed E-state index contributed by atoms with van der Waals surface area (Å²) < 4.78 is 0. The normalized spacial score (nSPS) is 13.7. The van der Waals surface area contributed by atoms with Crippen LogP contribution in [0, 0.1) is 0 Å². The first-order chi connectivity index (χ1) is 14.1. The fourth-order valence-electron chi connectivity index (χ4n) is 3.02. The Morgan fingerprint density at radius 3 is 2.55 bits per heavy atom. The van der Waals surface area contributed by atoms with Gasteiger partial charge in [-0.2, -0.15) is 0 Å². The Hall–Kier alpha value is -3.45. The smallest absolute Gasteiger partial charge is 0.254 e. The van der Waals surface area contributed by atoms with Gasteiger partial charge in [-0.3, -0.25) is 9.59 Å². The van der Waals surface area contributed by atoms with Crippen molar-refractivity contribution in [3.8, 4) is 11.3 Å². The van der Waals surface area contributed by atoms with Crippen LogP contribution in [0.3, 0.4) is 0 Å². The van der Waals surface area contributed by atoms with Gasteiger partial charge < -0.3 is 15.5 Å². The van der Waals surface area contributed by atoms with Crippen LogP contribution in [0.15, 0.2) is 60.8 Å². The van der Waals surface area contributed by atoms with E-state index in [1.807, 2.05) is 30.3 Å². The van der Waals surface area contributed by atoms with Crippen LogP contribution in [-0.2, 0) is 4.79 Å². The number of anilines is 2. The Kier molecular flexibility index (Phi) is 5.39. The number of carbonyl (C=O) groups excluding carboxylic acids is 2. The molecule has 1 aromatic heterocycles. The quantitative estimate of drug-likeness (QED) is 0.693. The van der Waals surface area contributed by atoms with Gasteiger partial charge in [0, 0.05) is 41.1 Å². The van der Waals surface area contributed by atoms with Crippen molar-refractivity contribution in [3.05, 3.63) is 71.4 Å². The molecule has 2 amide bonds. The fraction of sp³-hybridized carbons (Fsp3) is 0.143. The zero-order valence-corrected chi connectivity index (χ0v) is 16.2. The lowest BCUT2D eigenvalue weighted by Gasteiger charge is -2.26. The van der Waals surface area contributed by atoms with E-state index in [-0.39, 0.29) is 18.4 Å². The Bertz CT molecular complexity index is 1040. The number of halogens is 1. The Morgan fingerprint density at radius 1 is 1.07 bits per heavy atom. The Morgan fingerprint density at radius 2 is 1.83 bits per heavy atom. The summed E-state index contributed by atoms with van der Waals surface area (Å²) in [6.45, 7) is 1.07. The van der Waals surface area contributed by atoms with Crippen LogP contribution in [0.2, 0.25) is 5.02 Å². The van der Waals surface area contributed by atoms with E-state index in [0.29, 0.717) is 29.6 Å². The summed E-state index contributed by atoms with van der Waals surface area (Å²) in [5.41, 5.74) is 2.99. The van der Waals surface area contributed by atoms with E-state index in [1.54, 1.807) is 35.4 Å². The lowest BCUT2D eigenvalue weighted by atomic mass is 10.1. The minimum atomic E-state index is -0.160. The average Bonchev–Trinajstić information content (AvgIpc) is 2.74. The van der Waals surface area contributed by atoms with Crippen LogP contribution >= 0.6 is 11.6 Å². The second-order valence-corrected chi connectivity index (χ2v) is 6.99. The van der Waals surface area contributed by atoms with Crippen LogP contribution in [0.5, 0.6) is 0 Å². The second kappa shape index (κ2) is 8.28. The molecule has 0 spiro atoms. The van der Waals surface area contributed by atoms with Crippen molar-refractivity contribution in [2.75, 3.05) is 25.0 Å². The van der Waals surface area contributed by atoms with Crippen molar-refractivity contribution in [2.45, 2.75) is 0 Å². The SMILES string of the molecule is O=C1CN(C(=O)c2ccc(Nc3nccc(-c4ccc(Cl)cc4)n3)cc2)CCN1. The summed E-state index contributed by atoms with van der Waals surface area (Å²) in [5.74, 6) is 0.150. The molecule has 0 saturated carbocycles. The molecule has 1 aliphatic heterocycles. The highest BCUT2D eigenvalue weighted by Crippen LogP contribution is 2.21. The van der Waals surface area contributed by atoms with Gasteiger partial charge in [-0.05, 0) is 42.5 Å². The molecule has 0 bridgehead atoms. The van der Waals surface area contributed by atoms with E-state index in [1.165, 1.54) is 0 Å². The molecule has 2 aromatic carbocycles. The monoisotopic (exact) mass is 407 g/mol. The molecule has 2 heterocycles. The first kappa shape index (κ1) is 18.9. The van der Waals surface area contributed by atoms with Gasteiger partial charge in [0.15, 0.2) is 0 Å². The predicted octanol–water partition coefficient (Wildman–Crippen LogP) is 3.11. The highest BCUT2D eigenvalue weighted by atomic mass is 35.5. The summed E-state index contributed by atoms with van der Waals surface area (Å²) in [7, 11) is 0. The van der Waals surface area contributed by atoms with Gasteiger partial charge in [-0.1, -0.05) is 23.7 Å². The van der Waals surface area contributed by atoms with Gasteiger partial charge >= 0.3 is 0 Å². The number of hydrogen-bond acceptors (Lipinski definition) is 5. The number of benzene rings is 2. The molecular formula is C21H18ClN5O2. The van der Waals surface area contributed by atoms with Crippen molar-refractivity contribution in [1.29, 1.82) is 0 Å². The zero-order chi connectivity index (χ0) is 20.2. The number of hydrogen-bond donors (Lipinski definition) is 2. The molecule has 1 saturated heterocycles. The number of nitrogens with zero attached hydrogens (tertiary/aromatic N) is 3. The van der Waals surface area contributed by atoms with Crippen LogP contribution in [0.25, 0.3) is 11.3 Å². The summed E-state index contributed by atoms with van der Waals surface area (Å²) in [6.07, 6.45) is 1.68. The van der Waals surface area contributed by atoms with Crippen molar-refractivity contribution in [2.24, 2.45) is 0 Å². The maximum Gasteiger partial charge on any atom is 0.254 e. The van der Waals surface area contributed by atoms with Crippen molar-refractivity contribution >= 4 is 35.1 Å². The lowest BCUT2D eigenvalue weighted by molar-refractivity contribution is -0.123. The van der Waals surface area contributed by atoms with Gasteiger partial charge in [0.1, 0.15) is 0 Å². The summed E-state index contributed by atoms with van der Waals surface area (Å²) in [6, 6.07) is 16.3. The van der Waals surface area contributed by atoms with Crippen LogP contribution < -0.4 is 10.6 Å². The van der Waals surface area contributed by atoms with E-state index in [9.17, 15) is 9.59 Å². The molecule has 0 atom stereocenters. The Balaban J connectivity index is 1.46. The standard InChI is InChI=1S/C21H18ClN5O2/c22-16-5-1-14(2-6-16)18-9-10-24-21(26-18)25-17-7-3-15(4-8-17)20(29)27-12-11-23-19(28)13-27/h1-10H,11-13H2,(H,23,28)(H,24,25,26). The Labute approximate surface area is 172 Å². The molecule has 146 valence electrons. The number of aromatic nitrogens is 2. The van der Waals surface area contributed by atoms with E-state index >= 15 is 0 Å². The van der Waals surface area contributed by atoms with E-state index in [2.05, 4.69) is 20.6 Å². The highest BCUT2D eigenvalue weighted by Gasteiger charge is 2.22. The molecule has 1 aliphatic rings. The number of amides is 2. The van der Waals surface area contributed by atoms with E-state index in [4.69, 9.17) is 11.6 Å². The summed E-state index contributed by atoms with van der Waals surface area (Å²) in [4.78, 5) is 34.3. The van der Waals surface area contributed by atoms with Crippen LogP contribution in [0.1, 0.15) is 10.4 Å². The molecule has 29 heavy (non-hydrogen) atoms. The average molecular weight is 408 g/mol. The zero-order valence-electron chi connectivity index (χ0n) is 15.4. The molecule has 0 radical (unpaired) electrons. The van der Waals surface area contributed by atoms with Gasteiger partial charge in [-0.25, -0.2) is 9.97 Å². The largest absolute Gasteiger partial charge is 0.353 e. The number of rotatable bonds is 4. The van der Waals surface area contributed by atoms with Gasteiger partial charge in [0.25, 0.3) is 5.91 Å². The molecule has 1 fully saturated rings. The second-order valence-electron chi connectivity index (χ2n) is 6.55. The third-order valence-corrected chi connectivity index (χ3v) is 4.76. The summed E-state index contributed by atoms with van der Waals surface area (Å²) >= 11 is 5.94. The van der Waals surface area contributed by atoms with Crippen LogP contribution in [-0.4, -0.2) is 46.3 Å². The van der Waals surface area contributed by atoms with Gasteiger partial charge in [0.2, 0.25) is 11.9 Å². The number of carbonyl (C=O) groups is 2. The maximum absolute atomic E-state index is 12.5. The van der Waals surface area contributed by atoms with Crippen molar-refractivity contribution in [1.82, 2.24) is 20.2 Å². The molecule has 8 heteroatoms. The van der Waals surface area contributed by atoms with E-state index < -0.39 is 0 Å². The minimum absolute atomic E-state index is 0.0875. The first-order valence-electron chi connectivity index (χ1n) is 9.10. The van der Waals surface area contributed by atoms with Crippen molar-refractivity contribution in [3.63, 3.8) is 0 Å². The third-order valence-electron chi connectivity index (χ3n) is 4.51. The van der Waals surface area contributed by atoms with Gasteiger partial charge in [0.05, 0.1) is 12.2 Å². The molecule has 4 rings (SSSR count). The predicted molar refractivity (Wildman–Crippen MR) is 111 cm³/mol. The van der Waals surface area contributed by atoms with Crippen molar-refractivity contribution < 1.29 is 9.59 Å². The highest BCUT2D eigenvalue weighted by molar-refractivity contribution is 6.30. The summed E-state index contributed by atoms with van der Waals surface area (Å²) in [5, 5.41) is 6.52. The topological polar surface area (TPSA) is 87.2 Å². The lowest BCUT2D eigenvalue weighted by Crippen LogP contribution is -2.49. The molecular weight excluding hydrogens is 390 g/mol. The molecule has 2 N–H and O–H groups in total. The third kappa shape index (κ3) is 4.52. The minimum Gasteiger partial charge on any atom is -0.353 e. The molecule has 0 aliphatic carbocycles. The van der Waals surface area contributed by atoms with Crippen LogP contribution in [0.4, 0.5) is 11.6 Å². The number of piperazine rings is 1. The molecule has 0 unspecified atom stereocenters. The first-order valence-corrected chi connectivity index (χ1v) is 9.48. The van der Waals surface area contributed by atoms with Gasteiger partial charge in [-0.15, -0.1) is 0 Å². The number of nitrogens with one attached hydrogen (secondary N) is 2.